The van der Waals surface area contributed by atoms with E-state index in [9.17, 15) is 23.3 Å². The maximum atomic E-state index is 12.4. The Labute approximate surface area is 221 Å². The van der Waals surface area contributed by atoms with Gasteiger partial charge in [-0.1, -0.05) is 0 Å². The summed E-state index contributed by atoms with van der Waals surface area (Å²) in [7, 11) is 0. The molecule has 0 spiro atoms. The van der Waals surface area contributed by atoms with Crippen LogP contribution in [0.2, 0.25) is 0 Å². The van der Waals surface area contributed by atoms with E-state index in [-0.39, 0.29) is 72.4 Å². The Morgan fingerprint density at radius 1 is 1.16 bits per heavy atom. The standard InChI is InChI=1S/C25H25F3N4O6/c1-24(15-31-14-22(32(33)34)29-23(31)38-24)16-35-18-4-2-17(3-5-18)30-12-10-20(11-13-30)36-19-6-8-21(9-7-19)37-25(26,27)28/h2-9,14,20H,10-13,15-16H2,1H3/t24-/m1/s1/i2D,3D,4D,5D. The Kier molecular flexibility index (Phi) is 5.46. The highest BCUT2D eigenvalue weighted by atomic mass is 19.4. The number of alkyl halides is 3. The molecule has 10 nitrogen and oxygen atoms in total. The third-order valence-corrected chi connectivity index (χ3v) is 5.99. The molecule has 2 aromatic carbocycles. The summed E-state index contributed by atoms with van der Waals surface area (Å²) in [6.45, 7) is 2.41. The van der Waals surface area contributed by atoms with Crippen molar-refractivity contribution < 1.29 is 42.5 Å². The molecule has 0 radical (unpaired) electrons. The van der Waals surface area contributed by atoms with E-state index < -0.39 is 16.9 Å². The van der Waals surface area contributed by atoms with Crippen molar-refractivity contribution in [3.8, 4) is 23.3 Å². The summed E-state index contributed by atoms with van der Waals surface area (Å²) in [6.07, 6.45) is -2.87. The molecule has 1 saturated heterocycles. The summed E-state index contributed by atoms with van der Waals surface area (Å²) in [4.78, 5) is 15.8. The number of anilines is 1. The van der Waals surface area contributed by atoms with E-state index in [2.05, 4.69) is 9.72 Å². The topological polar surface area (TPSA) is 101 Å². The number of imidazole rings is 1. The van der Waals surface area contributed by atoms with Gasteiger partial charge in [-0.25, -0.2) is 0 Å². The number of aromatic nitrogens is 2. The first kappa shape index (κ1) is 20.8. The summed E-state index contributed by atoms with van der Waals surface area (Å²) < 4.78 is 93.8. The number of nitrogens with zero attached hydrogens (tertiary/aromatic N) is 4. The molecule has 0 saturated carbocycles. The van der Waals surface area contributed by atoms with Crippen LogP contribution in [0.4, 0.5) is 24.7 Å². The van der Waals surface area contributed by atoms with E-state index in [0.29, 0.717) is 31.7 Å². The van der Waals surface area contributed by atoms with Crippen LogP contribution in [-0.2, 0) is 6.54 Å². The van der Waals surface area contributed by atoms with Gasteiger partial charge in [0.1, 0.15) is 36.2 Å². The molecule has 3 heterocycles. The summed E-state index contributed by atoms with van der Waals surface area (Å²) in [5.41, 5.74) is -0.882. The molecule has 2 aliphatic rings. The van der Waals surface area contributed by atoms with Crippen LogP contribution < -0.4 is 23.8 Å². The molecule has 202 valence electrons. The number of halogens is 3. The lowest BCUT2D eigenvalue weighted by molar-refractivity contribution is -0.389. The largest absolute Gasteiger partial charge is 0.573 e. The lowest BCUT2D eigenvalue weighted by Crippen LogP contribution is -2.38. The number of rotatable bonds is 8. The minimum absolute atomic E-state index is 0.0440. The molecule has 0 N–H and O–H groups in total. The third-order valence-electron chi connectivity index (χ3n) is 5.99. The zero-order valence-corrected chi connectivity index (χ0v) is 20.1. The third kappa shape index (κ3) is 6.03. The number of benzene rings is 2. The molecule has 1 fully saturated rings. The first-order valence-corrected chi connectivity index (χ1v) is 11.6. The van der Waals surface area contributed by atoms with Crippen molar-refractivity contribution in [2.45, 2.75) is 44.4 Å². The van der Waals surface area contributed by atoms with Gasteiger partial charge >= 0.3 is 18.2 Å². The van der Waals surface area contributed by atoms with Gasteiger partial charge < -0.3 is 34.0 Å². The normalized spacial score (nSPS) is 21.0. The van der Waals surface area contributed by atoms with Crippen LogP contribution in [0.15, 0.2) is 54.6 Å². The number of ether oxygens (including phenoxy) is 4. The smallest absolute Gasteiger partial charge is 0.490 e. The lowest BCUT2D eigenvalue weighted by Gasteiger charge is -2.33. The van der Waals surface area contributed by atoms with Crippen LogP contribution in [0.1, 0.15) is 25.2 Å². The second-order valence-electron chi connectivity index (χ2n) is 9.11. The molecule has 2 aliphatic heterocycles. The van der Waals surface area contributed by atoms with Crippen LogP contribution in [0.5, 0.6) is 23.3 Å². The predicted octanol–water partition coefficient (Wildman–Crippen LogP) is 4.97. The summed E-state index contributed by atoms with van der Waals surface area (Å²) >= 11 is 0. The SMILES string of the molecule is [2H]c1c([2H])c(N2CCC(Oc3ccc(OC(F)(F)F)cc3)CC2)c([2H])c([2H])c1OC[C@@]1(C)Cn2cc([N+](=O)[O-])nc2O1. The Hall–Kier alpha value is -4.16. The molecule has 1 atom stereocenters. The van der Waals surface area contributed by atoms with Crippen LogP contribution in [-0.4, -0.2) is 52.2 Å². The molecule has 13 heteroatoms. The van der Waals surface area contributed by atoms with Crippen molar-refractivity contribution in [2.24, 2.45) is 0 Å². The Bertz CT molecular complexity index is 1440. The van der Waals surface area contributed by atoms with Gasteiger partial charge in [0.15, 0.2) is 5.60 Å². The van der Waals surface area contributed by atoms with Gasteiger partial charge in [-0.2, -0.15) is 0 Å². The first-order chi connectivity index (χ1) is 19.7. The summed E-state index contributed by atoms with van der Waals surface area (Å²) in [5.74, 6) is -0.587. The average molecular weight is 539 g/mol. The zero-order valence-electron chi connectivity index (χ0n) is 24.1. The molecule has 38 heavy (non-hydrogen) atoms. The van der Waals surface area contributed by atoms with Crippen molar-refractivity contribution in [1.29, 1.82) is 0 Å². The molecule has 1 aromatic heterocycles. The second kappa shape index (κ2) is 9.95. The maximum Gasteiger partial charge on any atom is 0.573 e. The highest BCUT2D eigenvalue weighted by molar-refractivity contribution is 5.49. The number of piperidine rings is 1. The highest BCUT2D eigenvalue weighted by Gasteiger charge is 2.41. The predicted molar refractivity (Wildman–Crippen MR) is 129 cm³/mol. The van der Waals surface area contributed by atoms with Crippen molar-refractivity contribution in [1.82, 2.24) is 9.55 Å². The fourth-order valence-electron chi connectivity index (χ4n) is 4.22. The fraction of sp³-hybridized carbons (Fsp3) is 0.400. The fourth-order valence-corrected chi connectivity index (χ4v) is 4.22. The Balaban J connectivity index is 1.21. The minimum atomic E-state index is -4.79. The van der Waals surface area contributed by atoms with Crippen LogP contribution in [0.25, 0.3) is 0 Å². The maximum absolute atomic E-state index is 12.4. The zero-order chi connectivity index (χ0) is 30.4. The second-order valence-corrected chi connectivity index (χ2v) is 9.11. The van der Waals surface area contributed by atoms with Gasteiger partial charge in [-0.3, -0.25) is 4.57 Å². The minimum Gasteiger partial charge on any atom is -0.490 e. The van der Waals surface area contributed by atoms with Gasteiger partial charge in [0.05, 0.1) is 12.0 Å². The number of hydrogen-bond donors (Lipinski definition) is 0. The monoisotopic (exact) mass is 538 g/mol. The van der Waals surface area contributed by atoms with E-state index in [0.717, 1.165) is 12.1 Å². The lowest BCUT2D eigenvalue weighted by atomic mass is 10.1. The van der Waals surface area contributed by atoms with Crippen molar-refractivity contribution in [3.63, 3.8) is 0 Å². The Morgan fingerprint density at radius 3 is 2.42 bits per heavy atom. The molecule has 0 bridgehead atoms. The molecular weight excluding hydrogens is 509 g/mol. The van der Waals surface area contributed by atoms with Crippen LogP contribution in [0, 0.1) is 10.1 Å². The van der Waals surface area contributed by atoms with Gasteiger partial charge in [0.25, 0.3) is 0 Å². The molecule has 3 aromatic rings. The molecular formula is C25H25F3N4O6. The molecule has 0 unspecified atom stereocenters. The average Bonchev–Trinajstić information content (AvgIpc) is 3.44. The van der Waals surface area contributed by atoms with Gasteiger partial charge in [-0.05, 0) is 60.3 Å². The van der Waals surface area contributed by atoms with E-state index in [1.807, 2.05) is 0 Å². The van der Waals surface area contributed by atoms with Crippen molar-refractivity contribution >= 4 is 11.5 Å². The number of fused-ring (bicyclic) bond motifs is 1. The summed E-state index contributed by atoms with van der Waals surface area (Å²) in [5, 5.41) is 10.9. The van der Waals surface area contributed by atoms with E-state index in [1.165, 1.54) is 22.9 Å². The van der Waals surface area contributed by atoms with E-state index in [1.54, 1.807) is 11.8 Å². The Morgan fingerprint density at radius 2 is 1.82 bits per heavy atom. The van der Waals surface area contributed by atoms with Crippen molar-refractivity contribution in [2.75, 3.05) is 24.6 Å². The first-order valence-electron chi connectivity index (χ1n) is 13.6. The molecule has 5 rings (SSSR count). The van der Waals surface area contributed by atoms with E-state index >= 15 is 0 Å². The highest BCUT2D eigenvalue weighted by Crippen LogP contribution is 2.32. The number of nitro groups is 1. The molecule has 0 amide bonds. The molecule has 0 aliphatic carbocycles. The van der Waals surface area contributed by atoms with Crippen LogP contribution in [0.3, 0.4) is 0 Å². The van der Waals surface area contributed by atoms with Gasteiger partial charge in [0.2, 0.25) is 0 Å². The van der Waals surface area contributed by atoms with Gasteiger partial charge in [-0.15, -0.1) is 13.2 Å². The van der Waals surface area contributed by atoms with Gasteiger partial charge in [0, 0.05) is 36.6 Å². The quantitative estimate of drug-likeness (QED) is 0.293. The number of hydrogen-bond acceptors (Lipinski definition) is 8. The summed E-state index contributed by atoms with van der Waals surface area (Å²) in [6, 6.07) is 3.85. The van der Waals surface area contributed by atoms with Crippen molar-refractivity contribution in [3.05, 3.63) is 64.7 Å². The van der Waals surface area contributed by atoms with Crippen LogP contribution >= 0.6 is 0 Å². The van der Waals surface area contributed by atoms with E-state index in [4.69, 9.17) is 19.7 Å².